The molecule has 0 radical (unpaired) electrons. The van der Waals surface area contributed by atoms with Crippen molar-refractivity contribution in [2.24, 2.45) is 5.92 Å². The van der Waals surface area contributed by atoms with Crippen LogP contribution in [0.5, 0.6) is 0 Å². The van der Waals surface area contributed by atoms with Crippen LogP contribution in [0.1, 0.15) is 84.5 Å². The quantitative estimate of drug-likeness (QED) is 0.839. The van der Waals surface area contributed by atoms with Gasteiger partial charge in [-0.3, -0.25) is 10.1 Å². The molecular weight excluding hydrogens is 260 g/mol. The van der Waals surface area contributed by atoms with Crippen molar-refractivity contribution in [3.8, 4) is 0 Å². The Labute approximate surface area is 129 Å². The lowest BCUT2D eigenvalue weighted by atomic mass is 9.93. The first kappa shape index (κ1) is 15.3. The Morgan fingerprint density at radius 2 is 1.57 bits per heavy atom. The Hall–Kier alpha value is -0.570. The second-order valence-electron chi connectivity index (χ2n) is 7.83. The van der Waals surface area contributed by atoms with Crippen molar-refractivity contribution in [2.75, 3.05) is 0 Å². The third kappa shape index (κ3) is 2.86. The molecule has 0 aromatic rings. The van der Waals surface area contributed by atoms with E-state index in [4.69, 9.17) is 0 Å². The van der Waals surface area contributed by atoms with Crippen molar-refractivity contribution in [3.05, 3.63) is 0 Å². The fourth-order valence-corrected chi connectivity index (χ4v) is 4.72. The van der Waals surface area contributed by atoms with Crippen LogP contribution in [0.15, 0.2) is 0 Å². The maximum absolute atomic E-state index is 13.2. The molecule has 1 saturated heterocycles. The highest BCUT2D eigenvalue weighted by Crippen LogP contribution is 2.40. The summed E-state index contributed by atoms with van der Waals surface area (Å²) < 4.78 is 0. The summed E-state index contributed by atoms with van der Waals surface area (Å²) in [6.45, 7) is 4.52. The van der Waals surface area contributed by atoms with Crippen LogP contribution >= 0.6 is 0 Å². The topological polar surface area (TPSA) is 32.3 Å². The molecule has 1 atom stereocenters. The molecule has 3 aliphatic rings. The Balaban J connectivity index is 1.81. The number of hydrogen-bond acceptors (Lipinski definition) is 2. The fraction of sp³-hybridized carbons (Fsp3) is 0.944. The van der Waals surface area contributed by atoms with E-state index in [9.17, 15) is 4.79 Å². The second kappa shape index (κ2) is 6.28. The lowest BCUT2D eigenvalue weighted by Gasteiger charge is -2.35. The van der Waals surface area contributed by atoms with Gasteiger partial charge in [-0.25, -0.2) is 0 Å². The van der Waals surface area contributed by atoms with Gasteiger partial charge in [0.15, 0.2) is 0 Å². The van der Waals surface area contributed by atoms with E-state index in [2.05, 4.69) is 24.1 Å². The highest BCUT2D eigenvalue weighted by atomic mass is 16.2. The predicted molar refractivity (Wildman–Crippen MR) is 85.9 cm³/mol. The maximum atomic E-state index is 13.2. The number of nitrogens with zero attached hydrogens (tertiary/aromatic N) is 1. The van der Waals surface area contributed by atoms with Crippen molar-refractivity contribution in [3.63, 3.8) is 0 Å². The van der Waals surface area contributed by atoms with E-state index in [-0.39, 0.29) is 11.7 Å². The number of hydrogen-bond donors (Lipinski definition) is 1. The smallest absolute Gasteiger partial charge is 0.244 e. The molecular formula is C18H32N2O. The average molecular weight is 292 g/mol. The fourth-order valence-electron chi connectivity index (χ4n) is 4.72. The van der Waals surface area contributed by atoms with Gasteiger partial charge >= 0.3 is 0 Å². The highest BCUT2D eigenvalue weighted by molar-refractivity contribution is 5.89. The van der Waals surface area contributed by atoms with Crippen molar-refractivity contribution < 1.29 is 4.79 Å². The van der Waals surface area contributed by atoms with Crippen LogP contribution in [0.25, 0.3) is 0 Å². The van der Waals surface area contributed by atoms with Gasteiger partial charge in [0.1, 0.15) is 0 Å². The first-order chi connectivity index (χ1) is 10.1. The van der Waals surface area contributed by atoms with Crippen molar-refractivity contribution in [1.29, 1.82) is 0 Å². The Kier molecular flexibility index (Phi) is 4.58. The third-order valence-corrected chi connectivity index (χ3v) is 5.92. The molecule has 3 fully saturated rings. The van der Waals surface area contributed by atoms with E-state index in [0.29, 0.717) is 17.9 Å². The Morgan fingerprint density at radius 1 is 1.00 bits per heavy atom. The van der Waals surface area contributed by atoms with Gasteiger partial charge in [-0.15, -0.1) is 0 Å². The lowest BCUT2D eigenvalue weighted by Crippen LogP contribution is -2.47. The summed E-state index contributed by atoms with van der Waals surface area (Å²) in [5, 5.41) is 3.78. The molecule has 3 nitrogen and oxygen atoms in total. The molecule has 120 valence electrons. The van der Waals surface area contributed by atoms with Crippen LogP contribution in [0.2, 0.25) is 0 Å². The van der Waals surface area contributed by atoms with Crippen LogP contribution in [0, 0.1) is 5.92 Å². The molecule has 1 amide bonds. The minimum absolute atomic E-state index is 0.197. The number of nitrogens with one attached hydrogen (secondary N) is 1. The summed E-state index contributed by atoms with van der Waals surface area (Å²) in [4.78, 5) is 15.5. The minimum Gasteiger partial charge on any atom is -0.322 e. The summed E-state index contributed by atoms with van der Waals surface area (Å²) in [6.07, 6.45) is 13.9. The second-order valence-corrected chi connectivity index (χ2v) is 7.83. The van der Waals surface area contributed by atoms with E-state index >= 15 is 0 Å². The lowest BCUT2D eigenvalue weighted by molar-refractivity contribution is -0.136. The van der Waals surface area contributed by atoms with Crippen molar-refractivity contribution >= 4 is 5.91 Å². The normalized spacial score (nSPS) is 31.1. The van der Waals surface area contributed by atoms with Crippen LogP contribution < -0.4 is 5.32 Å². The van der Waals surface area contributed by atoms with Gasteiger partial charge in [0.25, 0.3) is 0 Å². The molecule has 1 heterocycles. The van der Waals surface area contributed by atoms with Gasteiger partial charge < -0.3 is 4.90 Å². The maximum Gasteiger partial charge on any atom is 0.244 e. The van der Waals surface area contributed by atoms with Gasteiger partial charge in [0.05, 0.1) is 11.7 Å². The number of carbonyl (C=O) groups is 1. The minimum atomic E-state index is -0.197. The highest BCUT2D eigenvalue weighted by Gasteiger charge is 2.54. The zero-order valence-corrected chi connectivity index (χ0v) is 13.9. The molecule has 21 heavy (non-hydrogen) atoms. The summed E-state index contributed by atoms with van der Waals surface area (Å²) in [7, 11) is 0. The van der Waals surface area contributed by atoms with E-state index in [0.717, 1.165) is 12.8 Å². The first-order valence-corrected chi connectivity index (χ1v) is 9.24. The monoisotopic (exact) mass is 292 g/mol. The van der Waals surface area contributed by atoms with Gasteiger partial charge in [-0.05, 0) is 31.6 Å². The van der Waals surface area contributed by atoms with Gasteiger partial charge in [0, 0.05) is 6.04 Å². The molecule has 3 heteroatoms. The van der Waals surface area contributed by atoms with Crippen molar-refractivity contribution in [1.82, 2.24) is 10.2 Å². The predicted octanol–water partition coefficient (Wildman–Crippen LogP) is 3.83. The molecule has 0 aromatic carbocycles. The third-order valence-electron chi connectivity index (χ3n) is 5.92. The molecule has 1 unspecified atom stereocenters. The molecule has 2 saturated carbocycles. The zero-order valence-electron chi connectivity index (χ0n) is 13.9. The standard InChI is InChI=1S/C18H32N2O/c1-14(2)16-19-18(12-8-9-13-18)17(21)20(16)15-10-6-4-3-5-7-11-15/h14-16,19H,3-13H2,1-2H3. The largest absolute Gasteiger partial charge is 0.322 e. The average Bonchev–Trinajstić information content (AvgIpc) is 2.99. The SMILES string of the molecule is CC(C)C1NC2(CCCC2)C(=O)N1C1CCCCCCC1. The molecule has 0 aromatic heterocycles. The molecule has 2 aliphatic carbocycles. The van der Waals surface area contributed by atoms with E-state index in [1.807, 2.05) is 0 Å². The summed E-state index contributed by atoms with van der Waals surface area (Å²) in [5.74, 6) is 0.934. The van der Waals surface area contributed by atoms with Crippen LogP contribution in [-0.4, -0.2) is 28.6 Å². The first-order valence-electron chi connectivity index (χ1n) is 9.24. The van der Waals surface area contributed by atoms with Crippen LogP contribution in [-0.2, 0) is 4.79 Å². The Bertz CT molecular complexity index is 365. The molecule has 3 rings (SSSR count). The molecule has 0 bridgehead atoms. The molecule has 1 aliphatic heterocycles. The van der Waals surface area contributed by atoms with Gasteiger partial charge in [0.2, 0.25) is 5.91 Å². The zero-order chi connectivity index (χ0) is 14.9. The van der Waals surface area contributed by atoms with E-state index in [1.54, 1.807) is 0 Å². The molecule has 1 spiro atoms. The van der Waals surface area contributed by atoms with Crippen LogP contribution in [0.4, 0.5) is 0 Å². The van der Waals surface area contributed by atoms with Gasteiger partial charge in [-0.1, -0.05) is 58.8 Å². The van der Waals surface area contributed by atoms with Crippen molar-refractivity contribution in [2.45, 2.75) is 102 Å². The Morgan fingerprint density at radius 3 is 2.14 bits per heavy atom. The van der Waals surface area contributed by atoms with Gasteiger partial charge in [-0.2, -0.15) is 0 Å². The number of amides is 1. The number of carbonyl (C=O) groups excluding carboxylic acids is 1. The van der Waals surface area contributed by atoms with E-state index < -0.39 is 0 Å². The summed E-state index contributed by atoms with van der Waals surface area (Å²) >= 11 is 0. The van der Waals surface area contributed by atoms with E-state index in [1.165, 1.54) is 57.8 Å². The number of rotatable bonds is 2. The summed E-state index contributed by atoms with van der Waals surface area (Å²) in [5.41, 5.74) is -0.197. The molecule has 1 N–H and O–H groups in total. The summed E-state index contributed by atoms with van der Waals surface area (Å²) in [6, 6.07) is 0.484. The van der Waals surface area contributed by atoms with Crippen LogP contribution in [0.3, 0.4) is 0 Å².